The van der Waals surface area contributed by atoms with Gasteiger partial charge in [-0.15, -0.1) is 0 Å². The molecule has 1 fully saturated rings. The number of aromatic nitrogens is 1. The van der Waals surface area contributed by atoms with Crippen LogP contribution in [0.15, 0.2) is 18.3 Å². The number of ketones is 1. The fourth-order valence-electron chi connectivity index (χ4n) is 4.89. The van der Waals surface area contributed by atoms with Gasteiger partial charge in [0.15, 0.2) is 5.78 Å². The zero-order chi connectivity index (χ0) is 20.9. The SMILES string of the molecule is Cc1cn(-c2cc(F)c(C(N)=O)c(NC3CCCC3)c2)c2c1C(=O)CC(C)(C)C2. The van der Waals surface area contributed by atoms with E-state index in [1.165, 1.54) is 6.07 Å². The minimum Gasteiger partial charge on any atom is -0.382 e. The van der Waals surface area contributed by atoms with Gasteiger partial charge in [-0.2, -0.15) is 0 Å². The fraction of sp³-hybridized carbons (Fsp3) is 0.478. The van der Waals surface area contributed by atoms with Gasteiger partial charge in [0.25, 0.3) is 5.91 Å². The van der Waals surface area contributed by atoms with Crippen LogP contribution in [0.1, 0.15) is 77.9 Å². The molecule has 0 atom stereocenters. The van der Waals surface area contributed by atoms with Crippen molar-refractivity contribution in [3.8, 4) is 5.69 Å². The maximum Gasteiger partial charge on any atom is 0.253 e. The third-order valence-electron chi connectivity index (χ3n) is 6.17. The summed E-state index contributed by atoms with van der Waals surface area (Å²) in [6.45, 7) is 6.06. The lowest BCUT2D eigenvalue weighted by molar-refractivity contribution is 0.0909. The van der Waals surface area contributed by atoms with Gasteiger partial charge < -0.3 is 15.6 Å². The number of halogens is 1. The molecule has 0 unspecified atom stereocenters. The summed E-state index contributed by atoms with van der Waals surface area (Å²) in [5.74, 6) is -1.29. The molecule has 0 saturated heterocycles. The average molecular weight is 397 g/mol. The predicted octanol–water partition coefficient (Wildman–Crippen LogP) is 4.53. The number of carbonyl (C=O) groups is 2. The van der Waals surface area contributed by atoms with Crippen LogP contribution >= 0.6 is 0 Å². The summed E-state index contributed by atoms with van der Waals surface area (Å²) < 4.78 is 16.9. The summed E-state index contributed by atoms with van der Waals surface area (Å²) in [5.41, 5.74) is 8.80. The Labute approximate surface area is 170 Å². The maximum absolute atomic E-state index is 15.0. The van der Waals surface area contributed by atoms with E-state index in [1.807, 2.05) is 17.7 Å². The number of aryl methyl sites for hydroxylation is 1. The molecule has 1 heterocycles. The normalized spacial score (nSPS) is 18.7. The molecule has 6 heteroatoms. The zero-order valence-electron chi connectivity index (χ0n) is 17.3. The summed E-state index contributed by atoms with van der Waals surface area (Å²) in [6, 6.07) is 3.34. The quantitative estimate of drug-likeness (QED) is 0.795. The Morgan fingerprint density at radius 3 is 2.59 bits per heavy atom. The van der Waals surface area contributed by atoms with Crippen molar-refractivity contribution in [1.29, 1.82) is 0 Å². The monoisotopic (exact) mass is 397 g/mol. The van der Waals surface area contributed by atoms with Gasteiger partial charge in [0.1, 0.15) is 5.82 Å². The van der Waals surface area contributed by atoms with E-state index in [-0.39, 0.29) is 22.8 Å². The Morgan fingerprint density at radius 2 is 1.93 bits per heavy atom. The van der Waals surface area contributed by atoms with Gasteiger partial charge in [-0.25, -0.2) is 4.39 Å². The van der Waals surface area contributed by atoms with Crippen LogP contribution in [-0.2, 0) is 6.42 Å². The van der Waals surface area contributed by atoms with E-state index in [4.69, 9.17) is 5.73 Å². The molecule has 0 aliphatic heterocycles. The van der Waals surface area contributed by atoms with Gasteiger partial charge in [0.2, 0.25) is 0 Å². The Hall–Kier alpha value is -2.63. The van der Waals surface area contributed by atoms with Gasteiger partial charge in [-0.3, -0.25) is 9.59 Å². The van der Waals surface area contributed by atoms with Gasteiger partial charge in [-0.1, -0.05) is 26.7 Å². The smallest absolute Gasteiger partial charge is 0.253 e. The molecule has 29 heavy (non-hydrogen) atoms. The fourth-order valence-corrected chi connectivity index (χ4v) is 4.89. The van der Waals surface area contributed by atoms with Crippen LogP contribution in [0.25, 0.3) is 5.69 Å². The topological polar surface area (TPSA) is 77.1 Å². The predicted molar refractivity (Wildman–Crippen MR) is 111 cm³/mol. The Bertz CT molecular complexity index is 1000. The number of Topliss-reactive ketones (excluding diaryl/α,β-unsaturated/α-hetero) is 1. The molecule has 1 aromatic carbocycles. The molecule has 4 rings (SSSR count). The van der Waals surface area contributed by atoms with Gasteiger partial charge in [-0.05, 0) is 49.3 Å². The standard InChI is InChI=1S/C23H28FN3O2/c1-13-12-27(18-10-23(2,3)11-19(28)20(13)18)15-8-16(24)21(22(25)29)17(9-15)26-14-6-4-5-7-14/h8-9,12,14,26H,4-7,10-11H2,1-3H3,(H2,25,29). The second-order valence-electron chi connectivity index (χ2n) is 9.28. The zero-order valence-corrected chi connectivity index (χ0v) is 17.3. The lowest BCUT2D eigenvalue weighted by atomic mass is 9.75. The first-order valence-corrected chi connectivity index (χ1v) is 10.3. The second kappa shape index (κ2) is 7.01. The van der Waals surface area contributed by atoms with Crippen LogP contribution < -0.4 is 11.1 Å². The van der Waals surface area contributed by atoms with Gasteiger partial charge in [0, 0.05) is 29.9 Å². The summed E-state index contributed by atoms with van der Waals surface area (Å²) in [6.07, 6.45) is 7.35. The van der Waals surface area contributed by atoms with Crippen molar-refractivity contribution in [2.45, 2.75) is 65.3 Å². The van der Waals surface area contributed by atoms with Crippen molar-refractivity contribution >= 4 is 17.4 Å². The first kappa shape index (κ1) is 19.7. The highest BCUT2D eigenvalue weighted by atomic mass is 19.1. The summed E-state index contributed by atoms with van der Waals surface area (Å²) >= 11 is 0. The number of nitrogens with one attached hydrogen (secondary N) is 1. The van der Waals surface area contributed by atoms with Gasteiger partial charge >= 0.3 is 0 Å². The average Bonchev–Trinajstić information content (AvgIpc) is 3.20. The molecule has 1 saturated carbocycles. The Morgan fingerprint density at radius 1 is 1.24 bits per heavy atom. The summed E-state index contributed by atoms with van der Waals surface area (Å²) in [5, 5.41) is 3.33. The molecule has 3 N–H and O–H groups in total. The number of primary amides is 1. The lowest BCUT2D eigenvalue weighted by Gasteiger charge is -2.30. The largest absolute Gasteiger partial charge is 0.382 e. The molecule has 1 aromatic heterocycles. The van der Waals surface area contributed by atoms with E-state index in [0.29, 0.717) is 17.8 Å². The van der Waals surface area contributed by atoms with E-state index in [0.717, 1.165) is 48.9 Å². The summed E-state index contributed by atoms with van der Waals surface area (Å²) in [7, 11) is 0. The second-order valence-corrected chi connectivity index (χ2v) is 9.28. The lowest BCUT2D eigenvalue weighted by Crippen LogP contribution is -2.28. The highest BCUT2D eigenvalue weighted by Gasteiger charge is 2.35. The number of hydrogen-bond acceptors (Lipinski definition) is 3. The molecule has 154 valence electrons. The number of nitrogens with zero attached hydrogens (tertiary/aromatic N) is 1. The van der Waals surface area contributed by atoms with Crippen LogP contribution in [0, 0.1) is 18.2 Å². The molecule has 1 amide bonds. The molecule has 0 radical (unpaired) electrons. The molecule has 2 aliphatic rings. The highest BCUT2D eigenvalue weighted by Crippen LogP contribution is 2.39. The van der Waals surface area contributed by atoms with Gasteiger partial charge in [0.05, 0.1) is 16.9 Å². The molecule has 0 bridgehead atoms. The molecule has 2 aliphatic carbocycles. The Balaban J connectivity index is 1.84. The van der Waals surface area contributed by atoms with Crippen molar-refractivity contribution in [2.75, 3.05) is 5.32 Å². The maximum atomic E-state index is 15.0. The molecular weight excluding hydrogens is 369 g/mol. The Kier molecular flexibility index (Phi) is 4.75. The third kappa shape index (κ3) is 3.56. The molecular formula is C23H28FN3O2. The first-order chi connectivity index (χ1) is 13.7. The minimum absolute atomic E-state index is 0.102. The van der Waals surface area contributed by atoms with E-state index >= 15 is 0 Å². The third-order valence-corrected chi connectivity index (χ3v) is 6.17. The van der Waals surface area contributed by atoms with Crippen molar-refractivity contribution in [3.05, 3.63) is 46.5 Å². The van der Waals surface area contributed by atoms with Crippen LogP contribution in [0.5, 0.6) is 0 Å². The first-order valence-electron chi connectivity index (χ1n) is 10.3. The van der Waals surface area contributed by atoms with Crippen molar-refractivity contribution in [3.63, 3.8) is 0 Å². The highest BCUT2D eigenvalue weighted by molar-refractivity contribution is 6.01. The van der Waals surface area contributed by atoms with Crippen molar-refractivity contribution < 1.29 is 14.0 Å². The molecule has 5 nitrogen and oxygen atoms in total. The van der Waals surface area contributed by atoms with Crippen LogP contribution in [0.3, 0.4) is 0 Å². The number of hydrogen-bond donors (Lipinski definition) is 2. The minimum atomic E-state index is -0.781. The van der Waals surface area contributed by atoms with E-state index in [9.17, 15) is 14.0 Å². The number of rotatable bonds is 4. The van der Waals surface area contributed by atoms with E-state index in [1.54, 1.807) is 6.07 Å². The number of carbonyl (C=O) groups excluding carboxylic acids is 2. The van der Waals surface area contributed by atoms with Crippen LogP contribution in [0.2, 0.25) is 0 Å². The van der Waals surface area contributed by atoms with Crippen LogP contribution in [0.4, 0.5) is 10.1 Å². The summed E-state index contributed by atoms with van der Waals surface area (Å²) in [4.78, 5) is 24.6. The van der Waals surface area contributed by atoms with E-state index < -0.39 is 11.7 Å². The number of nitrogens with two attached hydrogens (primary N) is 1. The number of fused-ring (bicyclic) bond motifs is 1. The number of benzene rings is 1. The molecule has 2 aromatic rings. The number of amides is 1. The van der Waals surface area contributed by atoms with E-state index in [2.05, 4.69) is 19.2 Å². The van der Waals surface area contributed by atoms with Crippen molar-refractivity contribution in [2.24, 2.45) is 11.1 Å². The van der Waals surface area contributed by atoms with Crippen LogP contribution in [-0.4, -0.2) is 22.3 Å². The number of anilines is 1. The molecule has 0 spiro atoms. The van der Waals surface area contributed by atoms with Crippen molar-refractivity contribution in [1.82, 2.24) is 4.57 Å².